The molecular weight excluding hydrogens is 208 g/mol. The number of hydrogen-bond acceptors (Lipinski definition) is 3. The normalized spacial score (nSPS) is 14.7. The summed E-state index contributed by atoms with van der Waals surface area (Å²) >= 11 is 0. The van der Waals surface area contributed by atoms with Crippen molar-refractivity contribution in [3.63, 3.8) is 0 Å². The van der Waals surface area contributed by atoms with Crippen molar-refractivity contribution in [2.24, 2.45) is 11.8 Å². The van der Waals surface area contributed by atoms with Crippen molar-refractivity contribution >= 4 is 11.9 Å². The summed E-state index contributed by atoms with van der Waals surface area (Å²) in [7, 11) is 0. The number of aliphatic carboxylic acids is 1. The Hall–Kier alpha value is -1.32. The zero-order chi connectivity index (χ0) is 12.6. The van der Waals surface area contributed by atoms with E-state index in [0.717, 1.165) is 6.42 Å². The SMILES string of the molecule is C/C=C\C(CC)CC(C)C(=O)OCC(=O)O. The molecular formula is C12H20O4. The van der Waals surface area contributed by atoms with Gasteiger partial charge in [0.2, 0.25) is 0 Å². The van der Waals surface area contributed by atoms with E-state index in [2.05, 4.69) is 17.7 Å². The minimum Gasteiger partial charge on any atom is -0.479 e. The maximum atomic E-state index is 11.4. The number of carboxylic acids is 1. The summed E-state index contributed by atoms with van der Waals surface area (Å²) in [5, 5.41) is 8.37. The lowest BCUT2D eigenvalue weighted by atomic mass is 9.93. The molecule has 0 radical (unpaired) electrons. The Labute approximate surface area is 96.3 Å². The molecule has 0 heterocycles. The Kier molecular flexibility index (Phi) is 7.25. The van der Waals surface area contributed by atoms with E-state index in [1.807, 2.05) is 13.0 Å². The van der Waals surface area contributed by atoms with Crippen molar-refractivity contribution in [3.8, 4) is 0 Å². The molecule has 0 aromatic carbocycles. The van der Waals surface area contributed by atoms with Gasteiger partial charge in [-0.25, -0.2) is 4.79 Å². The molecule has 2 atom stereocenters. The van der Waals surface area contributed by atoms with Gasteiger partial charge in [-0.1, -0.05) is 26.0 Å². The van der Waals surface area contributed by atoms with Gasteiger partial charge in [0.25, 0.3) is 0 Å². The van der Waals surface area contributed by atoms with Crippen LogP contribution in [0, 0.1) is 11.8 Å². The second kappa shape index (κ2) is 7.91. The molecule has 0 amide bonds. The molecule has 0 rings (SSSR count). The summed E-state index contributed by atoms with van der Waals surface area (Å²) in [6.45, 7) is 5.20. The predicted molar refractivity (Wildman–Crippen MR) is 61.0 cm³/mol. The van der Waals surface area contributed by atoms with E-state index in [9.17, 15) is 9.59 Å². The average molecular weight is 228 g/mol. The van der Waals surface area contributed by atoms with E-state index >= 15 is 0 Å². The van der Waals surface area contributed by atoms with Crippen LogP contribution in [0.5, 0.6) is 0 Å². The van der Waals surface area contributed by atoms with Gasteiger partial charge in [0.1, 0.15) is 0 Å². The monoisotopic (exact) mass is 228 g/mol. The molecule has 1 N–H and O–H groups in total. The summed E-state index contributed by atoms with van der Waals surface area (Å²) < 4.78 is 4.63. The molecule has 0 aliphatic carbocycles. The lowest BCUT2D eigenvalue weighted by Crippen LogP contribution is -2.20. The van der Waals surface area contributed by atoms with Gasteiger partial charge in [-0.2, -0.15) is 0 Å². The number of allylic oxidation sites excluding steroid dienone is 2. The molecule has 0 fully saturated rings. The van der Waals surface area contributed by atoms with Crippen LogP contribution in [-0.2, 0) is 14.3 Å². The number of ether oxygens (including phenoxy) is 1. The van der Waals surface area contributed by atoms with Crippen molar-refractivity contribution in [2.45, 2.75) is 33.6 Å². The maximum Gasteiger partial charge on any atom is 0.341 e. The highest BCUT2D eigenvalue weighted by atomic mass is 16.5. The maximum absolute atomic E-state index is 11.4. The first kappa shape index (κ1) is 14.7. The zero-order valence-electron chi connectivity index (χ0n) is 10.1. The quantitative estimate of drug-likeness (QED) is 0.536. The van der Waals surface area contributed by atoms with Crippen LogP contribution in [0.1, 0.15) is 33.6 Å². The number of carboxylic acid groups (broad SMARTS) is 1. The van der Waals surface area contributed by atoms with Crippen molar-refractivity contribution in [2.75, 3.05) is 6.61 Å². The molecule has 0 saturated carbocycles. The Morgan fingerprint density at radius 2 is 2.06 bits per heavy atom. The van der Waals surface area contributed by atoms with Gasteiger partial charge < -0.3 is 9.84 Å². The second-order valence-electron chi connectivity index (χ2n) is 3.83. The van der Waals surface area contributed by atoms with Gasteiger partial charge in [0.15, 0.2) is 6.61 Å². The summed E-state index contributed by atoms with van der Waals surface area (Å²) in [6, 6.07) is 0. The number of hydrogen-bond donors (Lipinski definition) is 1. The van der Waals surface area contributed by atoms with Gasteiger partial charge in [-0.05, 0) is 25.7 Å². The van der Waals surface area contributed by atoms with Gasteiger partial charge in [0.05, 0.1) is 5.92 Å². The molecule has 0 saturated heterocycles. The first-order chi connectivity index (χ1) is 7.51. The Bertz CT molecular complexity index is 258. The van der Waals surface area contributed by atoms with Crippen molar-refractivity contribution < 1.29 is 19.4 Å². The third-order valence-electron chi connectivity index (χ3n) is 2.39. The smallest absolute Gasteiger partial charge is 0.341 e. The van der Waals surface area contributed by atoms with Gasteiger partial charge in [-0.3, -0.25) is 4.79 Å². The summed E-state index contributed by atoms with van der Waals surface area (Å²) in [6.07, 6.45) is 5.67. The highest BCUT2D eigenvalue weighted by Crippen LogP contribution is 2.18. The molecule has 0 aromatic heterocycles. The molecule has 2 unspecified atom stereocenters. The van der Waals surface area contributed by atoms with Gasteiger partial charge in [-0.15, -0.1) is 0 Å². The minimum absolute atomic E-state index is 0.263. The number of carbonyl (C=O) groups excluding carboxylic acids is 1. The molecule has 0 spiro atoms. The van der Waals surface area contributed by atoms with E-state index in [1.54, 1.807) is 6.92 Å². The minimum atomic E-state index is -1.12. The zero-order valence-corrected chi connectivity index (χ0v) is 10.1. The molecule has 0 aromatic rings. The molecule has 0 aliphatic rings. The second-order valence-corrected chi connectivity index (χ2v) is 3.83. The third-order valence-corrected chi connectivity index (χ3v) is 2.39. The largest absolute Gasteiger partial charge is 0.479 e. The fourth-order valence-electron chi connectivity index (χ4n) is 1.48. The summed E-state index contributed by atoms with van der Waals surface area (Å²) in [5.41, 5.74) is 0. The van der Waals surface area contributed by atoms with Crippen LogP contribution in [0.3, 0.4) is 0 Å². The Morgan fingerprint density at radius 1 is 1.44 bits per heavy atom. The van der Waals surface area contributed by atoms with Crippen molar-refractivity contribution in [1.82, 2.24) is 0 Å². The van der Waals surface area contributed by atoms with Crippen LogP contribution >= 0.6 is 0 Å². The topological polar surface area (TPSA) is 63.6 Å². The summed E-state index contributed by atoms with van der Waals surface area (Å²) in [5.74, 6) is -1.48. The first-order valence-electron chi connectivity index (χ1n) is 5.52. The molecule has 0 bridgehead atoms. The van der Waals surface area contributed by atoms with Crippen LogP contribution < -0.4 is 0 Å². The Morgan fingerprint density at radius 3 is 2.50 bits per heavy atom. The van der Waals surface area contributed by atoms with E-state index in [1.165, 1.54) is 0 Å². The van der Waals surface area contributed by atoms with Crippen LogP contribution in [0.2, 0.25) is 0 Å². The predicted octanol–water partition coefficient (Wildman–Crippen LogP) is 2.24. The molecule has 0 aliphatic heterocycles. The van der Waals surface area contributed by atoms with E-state index in [4.69, 9.17) is 5.11 Å². The van der Waals surface area contributed by atoms with Crippen LogP contribution in [0.15, 0.2) is 12.2 Å². The highest BCUT2D eigenvalue weighted by molar-refractivity contribution is 5.76. The van der Waals surface area contributed by atoms with Gasteiger partial charge in [0, 0.05) is 0 Å². The standard InChI is InChI=1S/C12H20O4/c1-4-6-10(5-2)7-9(3)12(15)16-8-11(13)14/h4,6,9-10H,5,7-8H2,1-3H3,(H,13,14)/b6-4-. The lowest BCUT2D eigenvalue weighted by molar-refractivity contribution is -0.158. The number of esters is 1. The average Bonchev–Trinajstić information content (AvgIpc) is 2.24. The van der Waals surface area contributed by atoms with Crippen LogP contribution in [0.4, 0.5) is 0 Å². The van der Waals surface area contributed by atoms with E-state index in [0.29, 0.717) is 12.3 Å². The van der Waals surface area contributed by atoms with E-state index in [-0.39, 0.29) is 5.92 Å². The van der Waals surface area contributed by atoms with E-state index < -0.39 is 18.5 Å². The highest BCUT2D eigenvalue weighted by Gasteiger charge is 2.18. The number of carbonyl (C=O) groups is 2. The molecule has 16 heavy (non-hydrogen) atoms. The summed E-state index contributed by atoms with van der Waals surface area (Å²) in [4.78, 5) is 21.6. The lowest BCUT2D eigenvalue weighted by Gasteiger charge is -2.15. The molecule has 4 heteroatoms. The van der Waals surface area contributed by atoms with Crippen LogP contribution in [-0.4, -0.2) is 23.7 Å². The Balaban J connectivity index is 4.07. The molecule has 4 nitrogen and oxygen atoms in total. The van der Waals surface area contributed by atoms with Gasteiger partial charge >= 0.3 is 11.9 Å². The first-order valence-corrected chi connectivity index (χ1v) is 5.52. The third kappa shape index (κ3) is 6.22. The fourth-order valence-corrected chi connectivity index (χ4v) is 1.48. The van der Waals surface area contributed by atoms with Crippen molar-refractivity contribution in [1.29, 1.82) is 0 Å². The molecule has 92 valence electrons. The number of rotatable bonds is 7. The van der Waals surface area contributed by atoms with Crippen LogP contribution in [0.25, 0.3) is 0 Å². The fraction of sp³-hybridized carbons (Fsp3) is 0.667. The van der Waals surface area contributed by atoms with Crippen molar-refractivity contribution in [3.05, 3.63) is 12.2 Å².